The first-order chi connectivity index (χ1) is 9.61. The lowest BCUT2D eigenvalue weighted by Gasteiger charge is -2.10. The molecule has 2 aromatic heterocycles. The number of imidazole rings is 1. The number of fused-ring (bicyclic) bond motifs is 1. The quantitative estimate of drug-likeness (QED) is 0.508. The molecule has 3 nitrogen and oxygen atoms in total. The van der Waals surface area contributed by atoms with Crippen molar-refractivity contribution < 1.29 is 8.78 Å². The van der Waals surface area contributed by atoms with Gasteiger partial charge in [-0.2, -0.15) is 0 Å². The number of hydrogen-bond donors (Lipinski definition) is 0. The number of hydrogen-bond acceptors (Lipinski definition) is 2. The maximum Gasteiger partial charge on any atom is 0.148 e. The Morgan fingerprint density at radius 2 is 2.05 bits per heavy atom. The fourth-order valence-electron chi connectivity index (χ4n) is 2.02. The summed E-state index contributed by atoms with van der Waals surface area (Å²) in [5.41, 5.74) is 1.26. The van der Waals surface area contributed by atoms with Gasteiger partial charge in [-0.1, -0.05) is 0 Å². The van der Waals surface area contributed by atoms with Gasteiger partial charge in [0.25, 0.3) is 0 Å². The van der Waals surface area contributed by atoms with Crippen LogP contribution in [-0.2, 0) is 5.88 Å². The van der Waals surface area contributed by atoms with E-state index in [4.69, 9.17) is 11.6 Å². The number of pyridine rings is 1. The van der Waals surface area contributed by atoms with Crippen molar-refractivity contribution >= 4 is 38.6 Å². The van der Waals surface area contributed by atoms with Crippen molar-refractivity contribution in [3.05, 3.63) is 52.5 Å². The molecule has 7 heteroatoms. The Kier molecular flexibility index (Phi) is 3.43. The lowest BCUT2D eigenvalue weighted by Crippen LogP contribution is -2.03. The Hall–Kier alpha value is -1.53. The summed E-state index contributed by atoms with van der Waals surface area (Å²) in [7, 11) is 0. The van der Waals surface area contributed by atoms with E-state index in [0.29, 0.717) is 16.9 Å². The van der Waals surface area contributed by atoms with Crippen LogP contribution in [-0.4, -0.2) is 14.5 Å². The molecule has 0 saturated heterocycles. The molecule has 0 aliphatic carbocycles. The molecule has 0 spiro atoms. The van der Waals surface area contributed by atoms with E-state index < -0.39 is 11.6 Å². The van der Waals surface area contributed by atoms with Crippen molar-refractivity contribution in [1.82, 2.24) is 14.5 Å². The Morgan fingerprint density at radius 3 is 2.80 bits per heavy atom. The number of nitrogens with zero attached hydrogens (tertiary/aromatic N) is 3. The summed E-state index contributed by atoms with van der Waals surface area (Å²) in [6.45, 7) is 0. The molecular weight excluding hydrogens is 352 g/mol. The third-order valence-electron chi connectivity index (χ3n) is 2.88. The molecule has 0 aliphatic rings. The third kappa shape index (κ3) is 2.09. The molecule has 0 radical (unpaired) electrons. The highest BCUT2D eigenvalue weighted by atomic mass is 79.9. The molecule has 0 aliphatic heterocycles. The topological polar surface area (TPSA) is 30.7 Å². The second-order valence-corrected chi connectivity index (χ2v) is 5.20. The molecule has 0 atom stereocenters. The first-order valence-corrected chi connectivity index (χ1v) is 6.97. The van der Waals surface area contributed by atoms with E-state index in [1.807, 2.05) is 0 Å². The summed E-state index contributed by atoms with van der Waals surface area (Å²) in [6, 6.07) is 3.87. The largest absolute Gasteiger partial charge is 0.292 e. The van der Waals surface area contributed by atoms with Crippen molar-refractivity contribution in [2.24, 2.45) is 0 Å². The number of aromatic nitrogens is 3. The van der Waals surface area contributed by atoms with E-state index in [9.17, 15) is 8.78 Å². The van der Waals surface area contributed by atoms with Gasteiger partial charge in [0.1, 0.15) is 23.0 Å². The molecule has 3 rings (SSSR count). The van der Waals surface area contributed by atoms with E-state index in [2.05, 4.69) is 25.9 Å². The maximum absolute atomic E-state index is 14.1. The summed E-state index contributed by atoms with van der Waals surface area (Å²) in [4.78, 5) is 8.22. The Morgan fingerprint density at radius 1 is 1.25 bits per heavy atom. The standard InChI is InChI=1S/C13H7BrClF2N3/c14-7-3-9(17)12(4-8(7)16)20-11-1-2-18-6-10(11)19-13(20)5-15/h1-4,6H,5H2. The van der Waals surface area contributed by atoms with Crippen LogP contribution in [0, 0.1) is 11.6 Å². The minimum absolute atomic E-state index is 0.0649. The monoisotopic (exact) mass is 357 g/mol. The van der Waals surface area contributed by atoms with E-state index in [1.54, 1.807) is 18.5 Å². The average Bonchev–Trinajstić information content (AvgIpc) is 2.81. The van der Waals surface area contributed by atoms with Crippen LogP contribution in [0.1, 0.15) is 5.82 Å². The van der Waals surface area contributed by atoms with Gasteiger partial charge in [-0.05, 0) is 28.1 Å². The van der Waals surface area contributed by atoms with Crippen LogP contribution in [0.3, 0.4) is 0 Å². The Bertz CT molecular complexity index is 804. The fourth-order valence-corrected chi connectivity index (χ4v) is 2.52. The molecule has 1 aromatic carbocycles. The van der Waals surface area contributed by atoms with Crippen LogP contribution < -0.4 is 0 Å². The van der Waals surface area contributed by atoms with E-state index in [0.717, 1.165) is 12.1 Å². The second-order valence-electron chi connectivity index (χ2n) is 4.08. The van der Waals surface area contributed by atoms with Gasteiger partial charge in [0.2, 0.25) is 0 Å². The van der Waals surface area contributed by atoms with Gasteiger partial charge in [-0.15, -0.1) is 11.6 Å². The third-order valence-corrected chi connectivity index (χ3v) is 3.72. The molecule has 2 heterocycles. The van der Waals surface area contributed by atoms with Crippen LogP contribution in [0.25, 0.3) is 16.7 Å². The van der Waals surface area contributed by atoms with E-state index in [-0.39, 0.29) is 16.0 Å². The zero-order chi connectivity index (χ0) is 14.3. The van der Waals surface area contributed by atoms with Gasteiger partial charge in [0.05, 0.1) is 27.8 Å². The minimum atomic E-state index is -0.569. The highest BCUT2D eigenvalue weighted by Gasteiger charge is 2.17. The first-order valence-electron chi connectivity index (χ1n) is 5.64. The van der Waals surface area contributed by atoms with Crippen LogP contribution in [0.15, 0.2) is 35.1 Å². The highest BCUT2D eigenvalue weighted by molar-refractivity contribution is 9.10. The predicted molar refractivity (Wildman–Crippen MR) is 76.0 cm³/mol. The SMILES string of the molecule is Fc1cc(-n2c(CCl)nc3cnccc32)c(F)cc1Br. The van der Waals surface area contributed by atoms with Crippen molar-refractivity contribution in [3.8, 4) is 5.69 Å². The zero-order valence-corrected chi connectivity index (χ0v) is 12.3. The minimum Gasteiger partial charge on any atom is -0.292 e. The molecule has 0 amide bonds. The molecule has 0 unspecified atom stereocenters. The average molecular weight is 359 g/mol. The molecule has 0 saturated carbocycles. The van der Waals surface area contributed by atoms with Gasteiger partial charge in [-0.3, -0.25) is 9.55 Å². The molecule has 102 valence electrons. The van der Waals surface area contributed by atoms with Crippen LogP contribution in [0.4, 0.5) is 8.78 Å². The molecule has 0 fully saturated rings. The van der Waals surface area contributed by atoms with Crippen molar-refractivity contribution in [2.75, 3.05) is 0 Å². The van der Waals surface area contributed by atoms with Crippen LogP contribution in [0.2, 0.25) is 0 Å². The van der Waals surface area contributed by atoms with Crippen LogP contribution >= 0.6 is 27.5 Å². The smallest absolute Gasteiger partial charge is 0.148 e. The molecule has 0 bridgehead atoms. The summed E-state index contributed by atoms with van der Waals surface area (Å²) < 4.78 is 29.4. The summed E-state index contributed by atoms with van der Waals surface area (Å²) >= 11 is 8.80. The Balaban J connectivity index is 2.36. The van der Waals surface area contributed by atoms with Gasteiger partial charge in [0, 0.05) is 12.3 Å². The number of benzene rings is 1. The van der Waals surface area contributed by atoms with Gasteiger partial charge < -0.3 is 0 Å². The second kappa shape index (κ2) is 5.10. The summed E-state index contributed by atoms with van der Waals surface area (Å²) in [5, 5.41) is 0. The van der Waals surface area contributed by atoms with Gasteiger partial charge >= 0.3 is 0 Å². The van der Waals surface area contributed by atoms with Gasteiger partial charge in [-0.25, -0.2) is 13.8 Å². The lowest BCUT2D eigenvalue weighted by molar-refractivity contribution is 0.587. The zero-order valence-electron chi connectivity index (χ0n) is 9.95. The first kappa shape index (κ1) is 13.5. The normalized spacial score (nSPS) is 11.2. The lowest BCUT2D eigenvalue weighted by atomic mass is 10.2. The molecular formula is C13H7BrClF2N3. The highest BCUT2D eigenvalue weighted by Crippen LogP contribution is 2.27. The van der Waals surface area contributed by atoms with Crippen molar-refractivity contribution in [1.29, 1.82) is 0 Å². The summed E-state index contributed by atoms with van der Waals surface area (Å²) in [5.74, 6) is -0.625. The molecule has 0 N–H and O–H groups in total. The van der Waals surface area contributed by atoms with E-state index in [1.165, 1.54) is 4.57 Å². The number of rotatable bonds is 2. The van der Waals surface area contributed by atoms with Crippen LogP contribution in [0.5, 0.6) is 0 Å². The maximum atomic E-state index is 14.1. The van der Waals surface area contributed by atoms with Crippen molar-refractivity contribution in [3.63, 3.8) is 0 Å². The number of halogens is 4. The predicted octanol–water partition coefficient (Wildman–Crippen LogP) is 4.20. The van der Waals surface area contributed by atoms with Gasteiger partial charge in [0.15, 0.2) is 0 Å². The molecule has 3 aromatic rings. The Labute approximate surface area is 126 Å². The summed E-state index contributed by atoms with van der Waals surface area (Å²) in [6.07, 6.45) is 3.11. The number of alkyl halides is 1. The molecule has 20 heavy (non-hydrogen) atoms. The van der Waals surface area contributed by atoms with E-state index >= 15 is 0 Å². The fraction of sp³-hybridized carbons (Fsp3) is 0.0769. The van der Waals surface area contributed by atoms with Crippen molar-refractivity contribution in [2.45, 2.75) is 5.88 Å².